The van der Waals surface area contributed by atoms with Crippen molar-refractivity contribution in [3.63, 3.8) is 0 Å². The zero-order valence-corrected chi connectivity index (χ0v) is 16.0. The van der Waals surface area contributed by atoms with Crippen LogP contribution in [0.5, 0.6) is 11.5 Å². The highest BCUT2D eigenvalue weighted by atomic mass is 32.1. The predicted octanol–water partition coefficient (Wildman–Crippen LogP) is 3.92. The highest BCUT2D eigenvalue weighted by Crippen LogP contribution is 2.37. The summed E-state index contributed by atoms with van der Waals surface area (Å²) in [6.45, 7) is 3.96. The van der Waals surface area contributed by atoms with Gasteiger partial charge in [0.05, 0.1) is 34.1 Å². The molecule has 2 aromatic carbocycles. The van der Waals surface area contributed by atoms with Crippen LogP contribution in [0.1, 0.15) is 16.8 Å². The molecule has 0 fully saturated rings. The van der Waals surface area contributed by atoms with Crippen LogP contribution in [0.4, 0.5) is 11.4 Å². The molecule has 1 aromatic heterocycles. The molecule has 1 aliphatic heterocycles. The summed E-state index contributed by atoms with van der Waals surface area (Å²) >= 11 is 1.44. The van der Waals surface area contributed by atoms with Gasteiger partial charge in [-0.15, -0.1) is 11.3 Å². The Hall–Kier alpha value is -3.46. The van der Waals surface area contributed by atoms with Gasteiger partial charge in [-0.05, 0) is 32.0 Å². The van der Waals surface area contributed by atoms with Crippen LogP contribution in [0.15, 0.2) is 51.9 Å². The van der Waals surface area contributed by atoms with E-state index in [0.717, 1.165) is 16.9 Å². The number of ether oxygens (including phenoxy) is 2. The molecule has 0 spiro atoms. The number of benzene rings is 2. The first-order valence-corrected chi connectivity index (χ1v) is 9.30. The number of thiazole rings is 1. The number of nitrogens with zero attached hydrogens (tertiary/aromatic N) is 4. The van der Waals surface area contributed by atoms with E-state index in [9.17, 15) is 10.1 Å². The number of nitro groups is 1. The smallest absolute Gasteiger partial charge is 0.282 e. The zero-order chi connectivity index (χ0) is 19.7. The lowest BCUT2D eigenvalue weighted by molar-refractivity contribution is -0.385. The van der Waals surface area contributed by atoms with Gasteiger partial charge in [0.25, 0.3) is 5.69 Å². The number of fused-ring (bicyclic) bond motifs is 1. The zero-order valence-electron chi connectivity index (χ0n) is 15.2. The first kappa shape index (κ1) is 17.9. The highest BCUT2D eigenvalue weighted by Gasteiger charge is 2.22. The molecular weight excluding hydrogens is 380 g/mol. The second-order valence-corrected chi connectivity index (χ2v) is 7.02. The third-order valence-corrected chi connectivity index (χ3v) is 5.07. The lowest BCUT2D eigenvalue weighted by Crippen LogP contribution is -2.11. The summed E-state index contributed by atoms with van der Waals surface area (Å²) in [7, 11) is 0. The van der Waals surface area contributed by atoms with Gasteiger partial charge in [0.2, 0.25) is 11.6 Å². The maximum absolute atomic E-state index is 11.4. The van der Waals surface area contributed by atoms with Gasteiger partial charge in [-0.25, -0.2) is 9.67 Å². The van der Waals surface area contributed by atoms with Crippen molar-refractivity contribution in [1.29, 1.82) is 0 Å². The van der Waals surface area contributed by atoms with E-state index in [-0.39, 0.29) is 12.5 Å². The van der Waals surface area contributed by atoms with Crippen LogP contribution in [0.3, 0.4) is 0 Å². The Bertz CT molecular complexity index is 1150. The molecule has 0 amide bonds. The number of aromatic nitrogens is 1. The van der Waals surface area contributed by atoms with Crippen LogP contribution in [0.25, 0.3) is 0 Å². The molecule has 0 saturated heterocycles. The first-order chi connectivity index (χ1) is 13.5. The summed E-state index contributed by atoms with van der Waals surface area (Å²) in [5.74, 6) is 0.821. The third kappa shape index (κ3) is 3.52. The Morgan fingerprint density at radius 1 is 1.18 bits per heavy atom. The third-order valence-electron chi connectivity index (χ3n) is 4.14. The molecule has 0 radical (unpaired) electrons. The molecule has 0 N–H and O–H groups in total. The molecule has 0 unspecified atom stereocenters. The van der Waals surface area contributed by atoms with Crippen molar-refractivity contribution in [2.45, 2.75) is 13.8 Å². The maximum Gasteiger partial charge on any atom is 0.282 e. The van der Waals surface area contributed by atoms with Gasteiger partial charge in [0.15, 0.2) is 11.5 Å². The molecule has 8 nitrogen and oxygen atoms in total. The summed E-state index contributed by atoms with van der Waals surface area (Å²) in [6.07, 6.45) is 1.44. The highest BCUT2D eigenvalue weighted by molar-refractivity contribution is 7.07. The number of nitro benzene ring substituents is 1. The van der Waals surface area contributed by atoms with Crippen molar-refractivity contribution in [2.24, 2.45) is 10.1 Å². The number of hydrogen-bond acceptors (Lipinski definition) is 7. The summed E-state index contributed by atoms with van der Waals surface area (Å²) in [6, 6.07) is 10.8. The minimum Gasteiger partial charge on any atom is -0.454 e. The molecule has 0 atom stereocenters. The van der Waals surface area contributed by atoms with Crippen LogP contribution in [-0.2, 0) is 0 Å². The molecule has 4 rings (SSSR count). The Morgan fingerprint density at radius 2 is 1.89 bits per heavy atom. The van der Waals surface area contributed by atoms with Crippen LogP contribution >= 0.6 is 11.3 Å². The number of hydrogen-bond donors (Lipinski definition) is 0. The topological polar surface area (TPSA) is 91.2 Å². The summed E-state index contributed by atoms with van der Waals surface area (Å²) in [4.78, 5) is 16.2. The van der Waals surface area contributed by atoms with Crippen molar-refractivity contribution < 1.29 is 14.4 Å². The Labute approximate surface area is 164 Å². The van der Waals surface area contributed by atoms with E-state index < -0.39 is 4.92 Å². The Morgan fingerprint density at radius 3 is 2.61 bits per heavy atom. The SMILES string of the molecule is Cc1ccc(N=c2scc(C)n2N=Cc2cc3c(cc2[N+](=O)[O-])OCO3)cc1. The van der Waals surface area contributed by atoms with Gasteiger partial charge in [0.1, 0.15) is 0 Å². The first-order valence-electron chi connectivity index (χ1n) is 8.42. The van der Waals surface area contributed by atoms with E-state index in [2.05, 4.69) is 10.1 Å². The predicted molar refractivity (Wildman–Crippen MR) is 106 cm³/mol. The number of rotatable bonds is 4. The van der Waals surface area contributed by atoms with E-state index in [1.54, 1.807) is 10.7 Å². The molecule has 0 aliphatic carbocycles. The van der Waals surface area contributed by atoms with Gasteiger partial charge < -0.3 is 9.47 Å². The lowest BCUT2D eigenvalue weighted by atomic mass is 10.1. The summed E-state index contributed by atoms with van der Waals surface area (Å²) in [5.41, 5.74) is 3.07. The van der Waals surface area contributed by atoms with Crippen molar-refractivity contribution >= 4 is 28.9 Å². The van der Waals surface area contributed by atoms with Crippen molar-refractivity contribution in [3.8, 4) is 11.5 Å². The van der Waals surface area contributed by atoms with E-state index in [0.29, 0.717) is 21.9 Å². The van der Waals surface area contributed by atoms with Crippen molar-refractivity contribution in [3.05, 3.63) is 73.5 Å². The minimum atomic E-state index is -0.466. The standard InChI is InChI=1S/C19H16N4O4S/c1-12-3-5-15(6-4-12)21-19-22(13(2)10-28-19)20-9-14-7-17-18(27-11-26-17)8-16(14)23(24)25/h3-10H,11H2,1-2H3. The molecule has 0 saturated carbocycles. The van der Waals surface area contributed by atoms with Gasteiger partial charge >= 0.3 is 0 Å². The Balaban J connectivity index is 1.74. The van der Waals surface area contributed by atoms with Crippen LogP contribution in [-0.4, -0.2) is 22.6 Å². The molecule has 1 aliphatic rings. The second kappa shape index (κ2) is 7.28. The van der Waals surface area contributed by atoms with Crippen molar-refractivity contribution in [2.75, 3.05) is 6.79 Å². The molecule has 28 heavy (non-hydrogen) atoms. The summed E-state index contributed by atoms with van der Waals surface area (Å²) in [5, 5.41) is 17.8. The van der Waals surface area contributed by atoms with Gasteiger partial charge in [-0.2, -0.15) is 5.10 Å². The molecule has 142 valence electrons. The fourth-order valence-corrected chi connectivity index (χ4v) is 3.49. The minimum absolute atomic E-state index is 0.0467. The molecule has 2 heterocycles. The van der Waals surface area contributed by atoms with Gasteiger partial charge in [-0.1, -0.05) is 17.7 Å². The molecule has 3 aromatic rings. The van der Waals surface area contributed by atoms with Crippen LogP contribution in [0, 0.1) is 24.0 Å². The molecular formula is C19H16N4O4S. The number of aryl methyl sites for hydroxylation is 2. The quantitative estimate of drug-likeness (QED) is 0.380. The Kier molecular flexibility index (Phi) is 4.66. The monoisotopic (exact) mass is 396 g/mol. The molecule has 9 heteroatoms. The molecule has 0 bridgehead atoms. The van der Waals surface area contributed by atoms with Gasteiger partial charge in [0, 0.05) is 5.38 Å². The van der Waals surface area contributed by atoms with Crippen LogP contribution < -0.4 is 14.3 Å². The van der Waals surface area contributed by atoms with Gasteiger partial charge in [-0.3, -0.25) is 10.1 Å². The van der Waals surface area contributed by atoms with Crippen molar-refractivity contribution in [1.82, 2.24) is 4.68 Å². The lowest BCUT2D eigenvalue weighted by Gasteiger charge is -2.02. The second-order valence-electron chi connectivity index (χ2n) is 6.18. The fraction of sp³-hybridized carbons (Fsp3) is 0.158. The summed E-state index contributed by atoms with van der Waals surface area (Å²) < 4.78 is 12.2. The average Bonchev–Trinajstić information content (AvgIpc) is 3.27. The van der Waals surface area contributed by atoms with E-state index in [4.69, 9.17) is 9.47 Å². The largest absolute Gasteiger partial charge is 0.454 e. The van der Waals surface area contributed by atoms with E-state index >= 15 is 0 Å². The van der Waals surface area contributed by atoms with Crippen LogP contribution in [0.2, 0.25) is 0 Å². The maximum atomic E-state index is 11.4. The normalized spacial score (nSPS) is 13.4. The average molecular weight is 396 g/mol. The van der Waals surface area contributed by atoms with E-state index in [1.165, 1.54) is 23.6 Å². The van der Waals surface area contributed by atoms with E-state index in [1.807, 2.05) is 43.5 Å². The fourth-order valence-electron chi connectivity index (χ4n) is 2.66.